The molecule has 0 aromatic heterocycles. The van der Waals surface area contributed by atoms with Gasteiger partial charge in [-0.15, -0.1) is 0 Å². The Morgan fingerprint density at radius 1 is 1.37 bits per heavy atom. The van der Waals surface area contributed by atoms with Crippen molar-refractivity contribution in [3.05, 3.63) is 0 Å². The third-order valence-electron chi connectivity index (χ3n) is 4.98. The summed E-state index contributed by atoms with van der Waals surface area (Å²) in [5.74, 6) is 0.866. The van der Waals surface area contributed by atoms with Crippen LogP contribution >= 0.6 is 0 Å². The second-order valence-corrected chi connectivity index (χ2v) is 6.55. The summed E-state index contributed by atoms with van der Waals surface area (Å²) in [4.78, 5) is 12.1. The van der Waals surface area contributed by atoms with Crippen molar-refractivity contribution in [2.75, 3.05) is 6.61 Å². The van der Waals surface area contributed by atoms with E-state index in [1.54, 1.807) is 0 Å². The molecule has 110 valence electrons. The molecule has 1 saturated carbocycles. The molecule has 2 fully saturated rings. The first-order valence-electron chi connectivity index (χ1n) is 7.68. The van der Waals surface area contributed by atoms with E-state index < -0.39 is 0 Å². The highest BCUT2D eigenvalue weighted by atomic mass is 16.5. The van der Waals surface area contributed by atoms with Gasteiger partial charge in [0.25, 0.3) is 0 Å². The third kappa shape index (κ3) is 3.93. The van der Waals surface area contributed by atoms with Crippen LogP contribution in [0.3, 0.4) is 0 Å². The molecule has 2 atom stereocenters. The molecule has 1 heterocycles. The van der Waals surface area contributed by atoms with Gasteiger partial charge in [0.05, 0.1) is 11.6 Å². The number of hydrogen-bond donors (Lipinski definition) is 2. The minimum absolute atomic E-state index is 0.115. The molecule has 0 bridgehead atoms. The number of hydrogen-bond acceptors (Lipinski definition) is 3. The predicted octanol–water partition coefficient (Wildman–Crippen LogP) is 1.97. The fourth-order valence-corrected chi connectivity index (χ4v) is 3.19. The number of carbonyl (C=O) groups is 1. The summed E-state index contributed by atoms with van der Waals surface area (Å²) in [5, 5.41) is 3.16. The second kappa shape index (κ2) is 6.23. The Kier molecular flexibility index (Phi) is 4.85. The summed E-state index contributed by atoms with van der Waals surface area (Å²) < 4.78 is 5.55. The van der Waals surface area contributed by atoms with E-state index in [0.29, 0.717) is 18.4 Å². The van der Waals surface area contributed by atoms with Crippen LogP contribution in [0.15, 0.2) is 0 Å². The van der Waals surface area contributed by atoms with E-state index in [2.05, 4.69) is 12.2 Å². The van der Waals surface area contributed by atoms with Crippen molar-refractivity contribution in [3.8, 4) is 0 Å². The third-order valence-corrected chi connectivity index (χ3v) is 4.98. The highest BCUT2D eigenvalue weighted by Crippen LogP contribution is 2.28. The lowest BCUT2D eigenvalue weighted by Gasteiger charge is -2.30. The number of rotatable bonds is 4. The standard InChI is InChI=1S/C15H28N2O2/c1-11-15(2,9-10-19-11)17-14(18)8-5-12-3-6-13(16)7-4-12/h11-13H,3-10,16H2,1-2H3,(H,17,18). The molecule has 1 amide bonds. The lowest BCUT2D eigenvalue weighted by Crippen LogP contribution is -2.50. The van der Waals surface area contributed by atoms with Crippen molar-refractivity contribution < 1.29 is 9.53 Å². The van der Waals surface area contributed by atoms with Crippen LogP contribution in [0.4, 0.5) is 0 Å². The zero-order valence-corrected chi connectivity index (χ0v) is 12.3. The minimum atomic E-state index is -0.175. The molecular weight excluding hydrogens is 240 g/mol. The lowest BCUT2D eigenvalue weighted by atomic mass is 9.83. The Balaban J connectivity index is 1.70. The molecule has 4 heteroatoms. The number of nitrogens with two attached hydrogens (primary N) is 1. The van der Waals surface area contributed by atoms with E-state index in [9.17, 15) is 4.79 Å². The monoisotopic (exact) mass is 268 g/mol. The Hall–Kier alpha value is -0.610. The molecule has 1 aliphatic heterocycles. The Morgan fingerprint density at radius 2 is 2.05 bits per heavy atom. The highest BCUT2D eigenvalue weighted by molar-refractivity contribution is 5.76. The fraction of sp³-hybridized carbons (Fsp3) is 0.933. The van der Waals surface area contributed by atoms with E-state index in [-0.39, 0.29) is 17.6 Å². The predicted molar refractivity (Wildman–Crippen MR) is 75.7 cm³/mol. The maximum absolute atomic E-state index is 12.1. The molecule has 0 aromatic rings. The van der Waals surface area contributed by atoms with Gasteiger partial charge in [0.2, 0.25) is 5.91 Å². The van der Waals surface area contributed by atoms with Crippen LogP contribution < -0.4 is 11.1 Å². The zero-order valence-electron chi connectivity index (χ0n) is 12.3. The molecule has 0 aromatic carbocycles. The van der Waals surface area contributed by atoms with Gasteiger partial charge in [-0.2, -0.15) is 0 Å². The molecule has 2 rings (SSSR count). The number of amides is 1. The molecule has 4 nitrogen and oxygen atoms in total. The quantitative estimate of drug-likeness (QED) is 0.819. The summed E-state index contributed by atoms with van der Waals surface area (Å²) in [6.45, 7) is 4.87. The van der Waals surface area contributed by atoms with E-state index in [1.807, 2.05) is 6.92 Å². The van der Waals surface area contributed by atoms with Crippen LogP contribution in [0.25, 0.3) is 0 Å². The van der Waals surface area contributed by atoms with Gasteiger partial charge < -0.3 is 15.8 Å². The normalized spacial score (nSPS) is 39.2. The van der Waals surface area contributed by atoms with Crippen LogP contribution in [-0.2, 0) is 9.53 Å². The maximum atomic E-state index is 12.1. The second-order valence-electron chi connectivity index (χ2n) is 6.55. The van der Waals surface area contributed by atoms with Crippen LogP contribution in [-0.4, -0.2) is 30.2 Å². The van der Waals surface area contributed by atoms with Crippen molar-refractivity contribution in [1.82, 2.24) is 5.32 Å². The molecule has 2 unspecified atom stereocenters. The maximum Gasteiger partial charge on any atom is 0.220 e. The SMILES string of the molecule is CC1OCCC1(C)NC(=O)CCC1CCC(N)CC1. The van der Waals surface area contributed by atoms with Crippen molar-refractivity contribution in [3.63, 3.8) is 0 Å². The van der Waals surface area contributed by atoms with Crippen molar-refractivity contribution in [1.29, 1.82) is 0 Å². The first-order valence-corrected chi connectivity index (χ1v) is 7.68. The molecular formula is C15H28N2O2. The summed E-state index contributed by atoms with van der Waals surface area (Å²) in [7, 11) is 0. The molecule has 0 spiro atoms. The number of carbonyl (C=O) groups excluding carboxylic acids is 1. The van der Waals surface area contributed by atoms with Crippen LogP contribution in [0.5, 0.6) is 0 Å². The van der Waals surface area contributed by atoms with Gasteiger partial charge in [0.15, 0.2) is 0 Å². The van der Waals surface area contributed by atoms with Crippen molar-refractivity contribution in [2.24, 2.45) is 11.7 Å². The van der Waals surface area contributed by atoms with E-state index in [4.69, 9.17) is 10.5 Å². The van der Waals surface area contributed by atoms with Crippen LogP contribution in [0.1, 0.15) is 58.8 Å². The van der Waals surface area contributed by atoms with Crippen LogP contribution in [0.2, 0.25) is 0 Å². The number of nitrogens with one attached hydrogen (secondary N) is 1. The molecule has 19 heavy (non-hydrogen) atoms. The molecule has 0 radical (unpaired) electrons. The van der Waals surface area contributed by atoms with Gasteiger partial charge >= 0.3 is 0 Å². The van der Waals surface area contributed by atoms with Gasteiger partial charge in [0, 0.05) is 19.1 Å². The van der Waals surface area contributed by atoms with Gasteiger partial charge in [-0.25, -0.2) is 0 Å². The average Bonchev–Trinajstić information content (AvgIpc) is 2.68. The fourth-order valence-electron chi connectivity index (χ4n) is 3.19. The van der Waals surface area contributed by atoms with Gasteiger partial charge in [-0.05, 0) is 58.3 Å². The van der Waals surface area contributed by atoms with E-state index in [0.717, 1.165) is 32.3 Å². The first-order chi connectivity index (χ1) is 8.99. The summed E-state index contributed by atoms with van der Waals surface area (Å²) in [5.41, 5.74) is 5.73. The topological polar surface area (TPSA) is 64.3 Å². The number of ether oxygens (including phenoxy) is 1. The van der Waals surface area contributed by atoms with Gasteiger partial charge in [-0.1, -0.05) is 0 Å². The van der Waals surface area contributed by atoms with Crippen molar-refractivity contribution >= 4 is 5.91 Å². The van der Waals surface area contributed by atoms with Gasteiger partial charge in [-0.3, -0.25) is 4.79 Å². The highest BCUT2D eigenvalue weighted by Gasteiger charge is 2.38. The largest absolute Gasteiger partial charge is 0.376 e. The minimum Gasteiger partial charge on any atom is -0.376 e. The molecule has 3 N–H and O–H groups in total. The van der Waals surface area contributed by atoms with Gasteiger partial charge in [0.1, 0.15) is 0 Å². The molecule has 1 saturated heterocycles. The van der Waals surface area contributed by atoms with E-state index in [1.165, 1.54) is 12.8 Å². The zero-order chi connectivity index (χ0) is 13.9. The lowest BCUT2D eigenvalue weighted by molar-refractivity contribution is -0.123. The first kappa shape index (κ1) is 14.8. The Morgan fingerprint density at radius 3 is 2.63 bits per heavy atom. The van der Waals surface area contributed by atoms with Crippen LogP contribution in [0, 0.1) is 5.92 Å². The average molecular weight is 268 g/mol. The molecule has 2 aliphatic rings. The van der Waals surface area contributed by atoms with Crippen molar-refractivity contribution in [2.45, 2.75) is 76.5 Å². The summed E-state index contributed by atoms with van der Waals surface area (Å²) in [6, 6.07) is 0.389. The summed E-state index contributed by atoms with van der Waals surface area (Å²) >= 11 is 0. The molecule has 1 aliphatic carbocycles. The Labute approximate surface area is 116 Å². The van der Waals surface area contributed by atoms with E-state index >= 15 is 0 Å². The summed E-state index contributed by atoms with van der Waals surface area (Å²) in [6.07, 6.45) is 7.29. The smallest absolute Gasteiger partial charge is 0.220 e. The Bertz CT molecular complexity index is 313.